The van der Waals surface area contributed by atoms with Crippen molar-refractivity contribution in [1.29, 1.82) is 0 Å². The molecule has 0 aliphatic rings. The molecule has 0 radical (unpaired) electrons. The number of unbranched alkanes of at least 4 members (excludes halogenated alkanes) is 30. The summed E-state index contributed by atoms with van der Waals surface area (Å²) >= 11 is 0. The van der Waals surface area contributed by atoms with E-state index >= 15 is 0 Å². The van der Waals surface area contributed by atoms with E-state index in [1.54, 1.807) is 0 Å². The molecule has 346 valence electrons. The van der Waals surface area contributed by atoms with E-state index in [0.717, 1.165) is 51.4 Å². The molecule has 0 aliphatic heterocycles. The minimum Gasteiger partial charge on any atom is -0.347 e. The lowest BCUT2D eigenvalue weighted by Gasteiger charge is -2.28. The number of nitrogens with one attached hydrogen (secondary N) is 2. The van der Waals surface area contributed by atoms with Crippen molar-refractivity contribution < 1.29 is 35.9 Å². The van der Waals surface area contributed by atoms with Gasteiger partial charge in [0.1, 0.15) is 0 Å². The molecule has 0 aromatic rings. The third kappa shape index (κ3) is 38.6. The van der Waals surface area contributed by atoms with Crippen molar-refractivity contribution in [3.8, 4) is 0 Å². The van der Waals surface area contributed by atoms with Crippen LogP contribution >= 0.6 is 0 Å². The fraction of sp³-hybridized carbons (Fsp3) is 0.957. The van der Waals surface area contributed by atoms with Crippen molar-refractivity contribution in [3.05, 3.63) is 0 Å². The SMILES string of the molecule is CCCCCCCCCCCCCCCCCCN(CCNC(=O)C(F)(F)F)CCN(CCCCCCCCCCCCCCCCCC)CCNC(=O)C(F)(F)F. The predicted molar refractivity (Wildman–Crippen MR) is 230 cm³/mol. The van der Waals surface area contributed by atoms with E-state index in [1.165, 1.54) is 154 Å². The molecule has 2 N–H and O–H groups in total. The maximum absolute atomic E-state index is 12.8. The number of halogens is 6. The highest BCUT2D eigenvalue weighted by Gasteiger charge is 2.39. The first-order chi connectivity index (χ1) is 27.9. The van der Waals surface area contributed by atoms with Crippen LogP contribution in [-0.4, -0.2) is 86.3 Å². The molecule has 58 heavy (non-hydrogen) atoms. The largest absolute Gasteiger partial charge is 0.471 e. The number of nitrogens with zero attached hydrogens (tertiary/aromatic N) is 2. The standard InChI is InChI=1S/C46H88F6N4O2/c1-3-5-7-9-11-13-15-17-19-21-23-25-27-29-31-33-37-55(39-35-53-43(57)45(47,48)49)41-42-56(40-36-54-44(58)46(50,51)52)38-34-32-30-28-26-24-22-20-18-16-14-12-10-8-6-4-2/h3-42H2,1-2H3,(H,53,57)(H,54,58). The molecule has 0 heterocycles. The second-order valence-electron chi connectivity index (χ2n) is 16.8. The number of rotatable bonds is 43. The van der Waals surface area contributed by atoms with Crippen molar-refractivity contribution in [2.24, 2.45) is 0 Å². The monoisotopic (exact) mass is 843 g/mol. The Bertz CT molecular complexity index is 850. The summed E-state index contributed by atoms with van der Waals surface area (Å²) < 4.78 is 76.8. The molecule has 0 rings (SSSR count). The molecule has 0 spiro atoms. The first-order valence-electron chi connectivity index (χ1n) is 24.1. The molecule has 6 nitrogen and oxygen atoms in total. The first-order valence-corrected chi connectivity index (χ1v) is 24.1. The fourth-order valence-corrected chi connectivity index (χ4v) is 7.58. The average Bonchev–Trinajstić information content (AvgIpc) is 3.18. The Kier molecular flexibility index (Phi) is 38.5. The Balaban J connectivity index is 4.64. The first kappa shape index (κ1) is 56.4. The van der Waals surface area contributed by atoms with Gasteiger partial charge in [-0.25, -0.2) is 0 Å². The number of alkyl halides is 6. The zero-order valence-corrected chi connectivity index (χ0v) is 37.3. The van der Waals surface area contributed by atoms with Crippen LogP contribution in [0.2, 0.25) is 0 Å². The van der Waals surface area contributed by atoms with E-state index in [1.807, 2.05) is 20.4 Å². The van der Waals surface area contributed by atoms with Gasteiger partial charge in [-0.15, -0.1) is 0 Å². The molecule has 0 unspecified atom stereocenters. The van der Waals surface area contributed by atoms with Gasteiger partial charge in [-0.3, -0.25) is 9.59 Å². The van der Waals surface area contributed by atoms with E-state index in [-0.39, 0.29) is 26.2 Å². The number of carbonyl (C=O) groups is 2. The number of hydrogen-bond donors (Lipinski definition) is 2. The van der Waals surface area contributed by atoms with Crippen molar-refractivity contribution in [2.75, 3.05) is 52.4 Å². The van der Waals surface area contributed by atoms with Crippen LogP contribution in [0.5, 0.6) is 0 Å². The summed E-state index contributed by atoms with van der Waals surface area (Å²) in [6.45, 7) is 7.05. The van der Waals surface area contributed by atoms with Crippen LogP contribution in [0, 0.1) is 0 Å². The Morgan fingerprint density at radius 2 is 0.534 bits per heavy atom. The molecule has 0 saturated carbocycles. The molecule has 2 amide bonds. The van der Waals surface area contributed by atoms with Gasteiger partial charge in [0.15, 0.2) is 0 Å². The topological polar surface area (TPSA) is 64.7 Å². The summed E-state index contributed by atoms with van der Waals surface area (Å²) in [6.07, 6.45) is 30.0. The van der Waals surface area contributed by atoms with Crippen LogP contribution in [-0.2, 0) is 9.59 Å². The second kappa shape index (κ2) is 39.6. The summed E-state index contributed by atoms with van der Waals surface area (Å²) in [5.74, 6) is -3.92. The maximum atomic E-state index is 12.8. The molecule has 0 aromatic heterocycles. The van der Waals surface area contributed by atoms with Gasteiger partial charge in [0.25, 0.3) is 0 Å². The minimum absolute atomic E-state index is 0.141. The average molecular weight is 843 g/mol. The maximum Gasteiger partial charge on any atom is 0.471 e. The van der Waals surface area contributed by atoms with Gasteiger partial charge in [0.2, 0.25) is 0 Å². The van der Waals surface area contributed by atoms with Crippen molar-refractivity contribution in [3.63, 3.8) is 0 Å². The van der Waals surface area contributed by atoms with Crippen LogP contribution in [0.1, 0.15) is 219 Å². The van der Waals surface area contributed by atoms with E-state index in [4.69, 9.17) is 0 Å². The predicted octanol–water partition coefficient (Wildman–Crippen LogP) is 13.5. The highest BCUT2D eigenvalue weighted by atomic mass is 19.4. The smallest absolute Gasteiger partial charge is 0.347 e. The molecule has 0 atom stereocenters. The van der Waals surface area contributed by atoms with Gasteiger partial charge in [0, 0.05) is 39.3 Å². The molecular weight excluding hydrogens is 755 g/mol. The van der Waals surface area contributed by atoms with Crippen LogP contribution < -0.4 is 10.6 Å². The van der Waals surface area contributed by atoms with Gasteiger partial charge < -0.3 is 20.4 Å². The molecule has 0 aromatic carbocycles. The molecule has 0 bridgehead atoms. The second-order valence-corrected chi connectivity index (χ2v) is 16.8. The number of amides is 2. The van der Waals surface area contributed by atoms with Crippen LogP contribution in [0.3, 0.4) is 0 Å². The summed E-state index contributed by atoms with van der Waals surface area (Å²) in [7, 11) is 0. The van der Waals surface area contributed by atoms with Crippen LogP contribution in [0.4, 0.5) is 26.3 Å². The molecule has 0 saturated heterocycles. The van der Waals surface area contributed by atoms with Gasteiger partial charge in [0.05, 0.1) is 0 Å². The minimum atomic E-state index is -4.94. The third-order valence-electron chi connectivity index (χ3n) is 11.3. The summed E-state index contributed by atoms with van der Waals surface area (Å²) in [4.78, 5) is 26.9. The molecule has 0 aliphatic carbocycles. The summed E-state index contributed by atoms with van der Waals surface area (Å²) in [6, 6.07) is 0. The van der Waals surface area contributed by atoms with E-state index in [9.17, 15) is 35.9 Å². The molecular formula is C46H88F6N4O2. The highest BCUT2D eigenvalue weighted by Crippen LogP contribution is 2.17. The van der Waals surface area contributed by atoms with E-state index < -0.39 is 24.2 Å². The molecule has 12 heteroatoms. The number of carbonyl (C=O) groups excluding carboxylic acids is 2. The Labute approximate surface area is 351 Å². The third-order valence-corrected chi connectivity index (χ3v) is 11.3. The Hall–Kier alpha value is -1.56. The zero-order valence-electron chi connectivity index (χ0n) is 37.3. The fourth-order valence-electron chi connectivity index (χ4n) is 7.58. The Morgan fingerprint density at radius 1 is 0.328 bits per heavy atom. The van der Waals surface area contributed by atoms with Gasteiger partial charge >= 0.3 is 24.2 Å². The Morgan fingerprint density at radius 3 is 0.741 bits per heavy atom. The highest BCUT2D eigenvalue weighted by molar-refractivity contribution is 5.81. The van der Waals surface area contributed by atoms with Crippen LogP contribution in [0.25, 0.3) is 0 Å². The normalized spacial score (nSPS) is 12.2. The lowest BCUT2D eigenvalue weighted by Crippen LogP contribution is -2.45. The quantitative estimate of drug-likeness (QED) is 0.0474. The van der Waals surface area contributed by atoms with Crippen molar-refractivity contribution in [1.82, 2.24) is 20.4 Å². The molecule has 0 fully saturated rings. The van der Waals surface area contributed by atoms with Gasteiger partial charge in [-0.2, -0.15) is 26.3 Å². The summed E-state index contributed by atoms with van der Waals surface area (Å²) in [5.41, 5.74) is 0. The van der Waals surface area contributed by atoms with Crippen molar-refractivity contribution in [2.45, 2.75) is 232 Å². The lowest BCUT2D eigenvalue weighted by molar-refractivity contribution is -0.173. The lowest BCUT2D eigenvalue weighted by atomic mass is 10.0. The van der Waals surface area contributed by atoms with E-state index in [2.05, 4.69) is 13.8 Å². The zero-order chi connectivity index (χ0) is 43.0. The van der Waals surface area contributed by atoms with Crippen molar-refractivity contribution >= 4 is 11.8 Å². The van der Waals surface area contributed by atoms with Gasteiger partial charge in [-0.1, -0.05) is 206 Å². The summed E-state index contributed by atoms with van der Waals surface area (Å²) in [5, 5.41) is 3.94. The van der Waals surface area contributed by atoms with Gasteiger partial charge in [-0.05, 0) is 25.9 Å². The van der Waals surface area contributed by atoms with E-state index in [0.29, 0.717) is 26.2 Å². The van der Waals surface area contributed by atoms with Crippen LogP contribution in [0.15, 0.2) is 0 Å². The number of hydrogen-bond acceptors (Lipinski definition) is 4.